The summed E-state index contributed by atoms with van der Waals surface area (Å²) in [4.78, 5) is 10.9. The minimum absolute atomic E-state index is 0.510. The third-order valence-corrected chi connectivity index (χ3v) is 4.97. The highest BCUT2D eigenvalue weighted by Gasteiger charge is 2.11. The first-order valence-corrected chi connectivity index (χ1v) is 9.68. The minimum Gasteiger partial charge on any atom is -0.372 e. The van der Waals surface area contributed by atoms with Crippen molar-refractivity contribution in [3.05, 3.63) is 45.2 Å². The number of anilines is 2. The topological polar surface area (TPSA) is 53.1 Å². The molecule has 8 heteroatoms. The normalized spacial score (nSPS) is 13.8. The fraction of sp³-hybridized carbons (Fsp3) is 0.312. The molecule has 1 aromatic carbocycles. The number of hydrogen-bond acceptors (Lipinski definition) is 4. The van der Waals surface area contributed by atoms with Crippen LogP contribution < -0.4 is 15.5 Å². The first-order valence-electron chi connectivity index (χ1n) is 7.68. The van der Waals surface area contributed by atoms with Gasteiger partial charge in [0.25, 0.3) is 0 Å². The molecule has 1 aromatic heterocycles. The third-order valence-electron chi connectivity index (χ3n) is 3.79. The zero-order valence-electron chi connectivity index (χ0n) is 12.9. The molecule has 2 heterocycles. The number of rotatable bonds is 4. The van der Waals surface area contributed by atoms with E-state index in [1.807, 2.05) is 0 Å². The van der Waals surface area contributed by atoms with Gasteiger partial charge < -0.3 is 15.5 Å². The Balaban J connectivity index is 1.52. The lowest BCUT2D eigenvalue weighted by Gasteiger charge is -2.18. The monoisotopic (exact) mass is 469 g/mol. The van der Waals surface area contributed by atoms with Crippen molar-refractivity contribution in [3.63, 3.8) is 0 Å². The predicted molar refractivity (Wildman–Crippen MR) is 108 cm³/mol. The van der Waals surface area contributed by atoms with Crippen LogP contribution in [0.25, 0.3) is 0 Å². The van der Waals surface area contributed by atoms with Gasteiger partial charge in [0.15, 0.2) is 10.9 Å². The minimum atomic E-state index is 0.510. The average Bonchev–Trinajstić information content (AvgIpc) is 3.11. The van der Waals surface area contributed by atoms with Crippen LogP contribution in [-0.4, -0.2) is 28.2 Å². The smallest absolute Gasteiger partial charge is 0.172 e. The molecule has 2 N–H and O–H groups in total. The Kier molecular flexibility index (Phi) is 6.02. The van der Waals surface area contributed by atoms with Crippen LogP contribution in [0.5, 0.6) is 0 Å². The molecule has 0 unspecified atom stereocenters. The lowest BCUT2D eigenvalue weighted by molar-refractivity contribution is 0.919. The van der Waals surface area contributed by atoms with Crippen LogP contribution in [0, 0.1) is 0 Å². The predicted octanol–water partition coefficient (Wildman–Crippen LogP) is 4.09. The molecule has 1 saturated heterocycles. The summed E-state index contributed by atoms with van der Waals surface area (Å²) in [5.74, 6) is 0.583. The van der Waals surface area contributed by atoms with Crippen molar-refractivity contribution in [2.45, 2.75) is 19.4 Å². The van der Waals surface area contributed by atoms with E-state index in [1.54, 1.807) is 6.20 Å². The van der Waals surface area contributed by atoms with E-state index in [0.717, 1.165) is 13.1 Å². The summed E-state index contributed by atoms with van der Waals surface area (Å²) in [6.07, 6.45) is 4.20. The highest BCUT2D eigenvalue weighted by Crippen LogP contribution is 2.21. The van der Waals surface area contributed by atoms with Crippen LogP contribution in [0.15, 0.2) is 39.7 Å². The first kappa shape index (κ1) is 17.6. The van der Waals surface area contributed by atoms with Gasteiger partial charge in [0.05, 0.1) is 6.20 Å². The van der Waals surface area contributed by atoms with Gasteiger partial charge in [-0.15, -0.1) is 0 Å². The van der Waals surface area contributed by atoms with E-state index in [4.69, 9.17) is 12.2 Å². The zero-order chi connectivity index (χ0) is 16.9. The van der Waals surface area contributed by atoms with Gasteiger partial charge in [-0.25, -0.2) is 9.97 Å². The molecule has 0 radical (unpaired) electrons. The molecular formula is C16H17Br2N5S. The number of aromatic nitrogens is 2. The Bertz CT molecular complexity index is 717. The SMILES string of the molecule is S=C(NCc1ccc(N2CCCC2)cc1)Nc1ncc(Br)nc1Br. The molecule has 0 bridgehead atoms. The number of thiocarbonyl (C=S) groups is 1. The Hall–Kier alpha value is -1.25. The van der Waals surface area contributed by atoms with Crippen LogP contribution in [-0.2, 0) is 6.54 Å². The van der Waals surface area contributed by atoms with E-state index in [-0.39, 0.29) is 0 Å². The van der Waals surface area contributed by atoms with Crippen LogP contribution >= 0.6 is 44.1 Å². The molecule has 3 rings (SSSR count). The standard InChI is InChI=1S/C16H17Br2N5S/c17-13-10-19-15(14(18)21-13)22-16(24)20-9-11-3-5-12(6-4-11)23-7-1-2-8-23/h3-6,10H,1-2,7-9H2,(H2,19,20,22,24). The second-order valence-corrected chi connectivity index (χ2v) is 7.47. The molecular weight excluding hydrogens is 454 g/mol. The summed E-state index contributed by atoms with van der Waals surface area (Å²) >= 11 is 11.9. The van der Waals surface area contributed by atoms with Gasteiger partial charge in [0.2, 0.25) is 0 Å². The maximum Gasteiger partial charge on any atom is 0.172 e. The average molecular weight is 471 g/mol. The molecule has 0 aliphatic carbocycles. The fourth-order valence-corrected chi connectivity index (χ4v) is 3.64. The van der Waals surface area contributed by atoms with Crippen LogP contribution in [0.4, 0.5) is 11.5 Å². The first-order chi connectivity index (χ1) is 11.6. The van der Waals surface area contributed by atoms with Crippen LogP contribution in [0.3, 0.4) is 0 Å². The number of nitrogens with one attached hydrogen (secondary N) is 2. The Morgan fingerprint density at radius 1 is 1.17 bits per heavy atom. The molecule has 1 aliphatic heterocycles. The van der Waals surface area contributed by atoms with Crippen molar-refractivity contribution in [3.8, 4) is 0 Å². The summed E-state index contributed by atoms with van der Waals surface area (Å²) in [5, 5.41) is 6.73. The molecule has 0 spiro atoms. The largest absolute Gasteiger partial charge is 0.372 e. The van der Waals surface area contributed by atoms with Crippen molar-refractivity contribution in [1.82, 2.24) is 15.3 Å². The van der Waals surface area contributed by atoms with Crippen molar-refractivity contribution in [2.75, 3.05) is 23.3 Å². The van der Waals surface area contributed by atoms with Crippen molar-refractivity contribution < 1.29 is 0 Å². The number of hydrogen-bond donors (Lipinski definition) is 2. The molecule has 24 heavy (non-hydrogen) atoms. The quantitative estimate of drug-likeness (QED) is 0.656. The molecule has 1 fully saturated rings. The lowest BCUT2D eigenvalue weighted by atomic mass is 10.2. The van der Waals surface area contributed by atoms with Crippen molar-refractivity contribution in [2.24, 2.45) is 0 Å². The molecule has 1 aliphatic rings. The second kappa shape index (κ2) is 8.22. The van der Waals surface area contributed by atoms with Gasteiger partial charge >= 0.3 is 0 Å². The summed E-state index contributed by atoms with van der Waals surface area (Å²) in [6, 6.07) is 8.63. The summed E-state index contributed by atoms with van der Waals surface area (Å²) < 4.78 is 1.27. The number of benzene rings is 1. The summed E-state index contributed by atoms with van der Waals surface area (Å²) in [7, 11) is 0. The third kappa shape index (κ3) is 4.64. The Labute approximate surface area is 163 Å². The van der Waals surface area contributed by atoms with Gasteiger partial charge in [-0.1, -0.05) is 12.1 Å². The molecule has 126 valence electrons. The van der Waals surface area contributed by atoms with Crippen LogP contribution in [0.2, 0.25) is 0 Å². The van der Waals surface area contributed by atoms with Gasteiger partial charge in [0.1, 0.15) is 9.21 Å². The lowest BCUT2D eigenvalue weighted by Crippen LogP contribution is -2.28. The van der Waals surface area contributed by atoms with E-state index in [0.29, 0.717) is 26.7 Å². The Morgan fingerprint density at radius 2 is 1.88 bits per heavy atom. The molecule has 0 atom stereocenters. The van der Waals surface area contributed by atoms with Crippen molar-refractivity contribution in [1.29, 1.82) is 0 Å². The van der Waals surface area contributed by atoms with Crippen molar-refractivity contribution >= 4 is 60.7 Å². The van der Waals surface area contributed by atoms with E-state index < -0.39 is 0 Å². The van der Waals surface area contributed by atoms with E-state index in [2.05, 4.69) is 81.6 Å². The van der Waals surface area contributed by atoms with E-state index in [1.165, 1.54) is 24.1 Å². The van der Waals surface area contributed by atoms with Gasteiger partial charge in [-0.3, -0.25) is 0 Å². The number of nitrogens with zero attached hydrogens (tertiary/aromatic N) is 3. The highest BCUT2D eigenvalue weighted by molar-refractivity contribution is 9.11. The maximum absolute atomic E-state index is 5.31. The van der Waals surface area contributed by atoms with E-state index >= 15 is 0 Å². The maximum atomic E-state index is 5.31. The molecule has 0 amide bonds. The molecule has 5 nitrogen and oxygen atoms in total. The van der Waals surface area contributed by atoms with E-state index in [9.17, 15) is 0 Å². The van der Waals surface area contributed by atoms with Gasteiger partial charge in [0, 0.05) is 25.3 Å². The van der Waals surface area contributed by atoms with Crippen LogP contribution in [0.1, 0.15) is 18.4 Å². The summed E-state index contributed by atoms with van der Waals surface area (Å²) in [6.45, 7) is 2.98. The fourth-order valence-electron chi connectivity index (χ4n) is 2.56. The van der Waals surface area contributed by atoms with Gasteiger partial charge in [-0.2, -0.15) is 0 Å². The van der Waals surface area contributed by atoms with Gasteiger partial charge in [-0.05, 0) is 74.6 Å². The number of halogens is 2. The second-order valence-electron chi connectivity index (χ2n) is 5.50. The highest BCUT2D eigenvalue weighted by atomic mass is 79.9. The molecule has 0 saturated carbocycles. The zero-order valence-corrected chi connectivity index (χ0v) is 16.9. The Morgan fingerprint density at radius 3 is 2.54 bits per heavy atom. The summed E-state index contributed by atoms with van der Waals surface area (Å²) in [5.41, 5.74) is 2.48. The molecule has 2 aromatic rings.